The van der Waals surface area contributed by atoms with Gasteiger partial charge in [-0.3, -0.25) is 14.5 Å². The monoisotopic (exact) mass is 531 g/mol. The van der Waals surface area contributed by atoms with Gasteiger partial charge in [-0.2, -0.15) is 0 Å². The molecule has 1 aromatic carbocycles. The third-order valence-corrected chi connectivity index (χ3v) is 8.28. The maximum atomic E-state index is 13.1. The predicted octanol–water partition coefficient (Wildman–Crippen LogP) is 6.67. The van der Waals surface area contributed by atoms with Gasteiger partial charge in [0.15, 0.2) is 5.13 Å². The second-order valence-electron chi connectivity index (χ2n) is 8.78. The number of carbonyl (C=O) groups is 2. The molecular formula is C26H33N3O3S3. The molecule has 188 valence electrons. The van der Waals surface area contributed by atoms with E-state index in [4.69, 9.17) is 22.3 Å². The number of anilines is 1. The number of benzene rings is 1. The van der Waals surface area contributed by atoms with Gasteiger partial charge in [-0.05, 0) is 18.9 Å². The summed E-state index contributed by atoms with van der Waals surface area (Å²) in [6.07, 6.45) is 10.4. The Hall–Kier alpha value is -2.23. The molecule has 6 nitrogen and oxygen atoms in total. The lowest BCUT2D eigenvalue weighted by molar-refractivity contribution is -0.137. The number of hydrogen-bond donors (Lipinski definition) is 1. The second-order valence-corrected chi connectivity index (χ2v) is 11.5. The molecule has 1 amide bonds. The summed E-state index contributed by atoms with van der Waals surface area (Å²) in [5.74, 6) is -0.727. The van der Waals surface area contributed by atoms with E-state index in [0.717, 1.165) is 72.6 Å². The molecule has 2 heterocycles. The first-order valence-electron chi connectivity index (χ1n) is 12.1. The number of rotatable bonds is 14. The van der Waals surface area contributed by atoms with Crippen molar-refractivity contribution in [3.05, 3.63) is 40.1 Å². The lowest BCUT2D eigenvalue weighted by atomic mass is 10.1. The van der Waals surface area contributed by atoms with Crippen molar-refractivity contribution in [3.8, 4) is 11.3 Å². The third kappa shape index (κ3) is 8.15. The Morgan fingerprint density at radius 2 is 1.69 bits per heavy atom. The van der Waals surface area contributed by atoms with E-state index in [-0.39, 0.29) is 12.3 Å². The van der Waals surface area contributed by atoms with Crippen LogP contribution in [0.4, 0.5) is 5.13 Å². The van der Waals surface area contributed by atoms with Gasteiger partial charge < -0.3 is 10.0 Å². The number of nitrogens with zero attached hydrogens (tertiary/aromatic N) is 3. The Morgan fingerprint density at radius 1 is 1.06 bits per heavy atom. The van der Waals surface area contributed by atoms with Crippen LogP contribution in [0, 0.1) is 0 Å². The average molecular weight is 532 g/mol. The highest BCUT2D eigenvalue weighted by Gasteiger charge is 2.32. The first-order chi connectivity index (χ1) is 16.9. The molecule has 1 fully saturated rings. The fourth-order valence-corrected chi connectivity index (χ4v) is 6.15. The summed E-state index contributed by atoms with van der Waals surface area (Å²) in [6.45, 7) is 0.651. The van der Waals surface area contributed by atoms with Crippen molar-refractivity contribution < 1.29 is 14.7 Å². The lowest BCUT2D eigenvalue weighted by Crippen LogP contribution is -2.29. The van der Waals surface area contributed by atoms with Crippen LogP contribution in [0.5, 0.6) is 0 Å². The minimum atomic E-state index is -0.711. The highest BCUT2D eigenvalue weighted by atomic mass is 32.2. The number of thiazole rings is 1. The zero-order valence-electron chi connectivity index (χ0n) is 20.4. The van der Waals surface area contributed by atoms with E-state index in [2.05, 4.69) is 0 Å². The molecule has 3 rings (SSSR count). The van der Waals surface area contributed by atoms with Gasteiger partial charge in [0.25, 0.3) is 5.91 Å². The number of aromatic nitrogens is 1. The molecule has 0 unspecified atom stereocenters. The van der Waals surface area contributed by atoms with Crippen LogP contribution in [-0.2, 0) is 9.59 Å². The first-order valence-corrected chi connectivity index (χ1v) is 14.1. The normalized spacial score (nSPS) is 14.8. The van der Waals surface area contributed by atoms with Gasteiger partial charge in [-0.25, -0.2) is 4.98 Å². The van der Waals surface area contributed by atoms with Gasteiger partial charge in [0.05, 0.1) is 15.5 Å². The van der Waals surface area contributed by atoms with Crippen LogP contribution < -0.4 is 4.90 Å². The zero-order valence-corrected chi connectivity index (χ0v) is 22.8. The molecule has 1 aliphatic rings. The van der Waals surface area contributed by atoms with Crippen molar-refractivity contribution in [1.29, 1.82) is 0 Å². The molecule has 2 aromatic rings. The summed E-state index contributed by atoms with van der Waals surface area (Å²) in [7, 11) is 3.94. The zero-order chi connectivity index (χ0) is 25.2. The van der Waals surface area contributed by atoms with Crippen molar-refractivity contribution in [3.63, 3.8) is 0 Å². The van der Waals surface area contributed by atoms with Crippen molar-refractivity contribution in [2.75, 3.05) is 25.5 Å². The van der Waals surface area contributed by atoms with Crippen LogP contribution >= 0.6 is 35.3 Å². The minimum Gasteiger partial charge on any atom is -0.481 e. The lowest BCUT2D eigenvalue weighted by Gasteiger charge is -2.14. The molecule has 0 radical (unpaired) electrons. The van der Waals surface area contributed by atoms with E-state index in [1.807, 2.05) is 55.4 Å². The van der Waals surface area contributed by atoms with E-state index in [1.54, 1.807) is 16.2 Å². The number of hydrogen-bond acceptors (Lipinski definition) is 7. The van der Waals surface area contributed by atoms with Gasteiger partial charge in [-0.15, -0.1) is 0 Å². The molecule has 35 heavy (non-hydrogen) atoms. The quantitative estimate of drug-likeness (QED) is 0.166. The van der Waals surface area contributed by atoms with Crippen molar-refractivity contribution in [2.45, 2.75) is 57.8 Å². The summed E-state index contributed by atoms with van der Waals surface area (Å²) in [4.78, 5) is 33.8. The van der Waals surface area contributed by atoms with Gasteiger partial charge in [0.1, 0.15) is 4.32 Å². The smallest absolute Gasteiger partial charge is 0.303 e. The number of amides is 1. The average Bonchev–Trinajstić information content (AvgIpc) is 3.37. The molecule has 0 bridgehead atoms. The highest BCUT2D eigenvalue weighted by Crippen LogP contribution is 2.38. The van der Waals surface area contributed by atoms with Gasteiger partial charge in [0, 0.05) is 32.6 Å². The number of carboxylic acids is 1. The van der Waals surface area contributed by atoms with Gasteiger partial charge in [0.2, 0.25) is 0 Å². The standard InChI is InChI=1S/C26H33N3O3S3/c1-28(2)25-27-23(19-14-10-9-11-15-19)20(34-25)18-21-24(32)29(26(33)35-21)17-13-8-6-4-3-5-7-12-16-22(30)31/h9-11,14-15,18H,3-8,12-13,16-17H2,1-2H3,(H,30,31)/b21-18-. The number of carboxylic acid groups (broad SMARTS) is 1. The Bertz CT molecular complexity index is 1050. The van der Waals surface area contributed by atoms with E-state index in [1.165, 1.54) is 11.8 Å². The van der Waals surface area contributed by atoms with Gasteiger partial charge >= 0.3 is 5.97 Å². The van der Waals surface area contributed by atoms with E-state index in [0.29, 0.717) is 15.8 Å². The maximum Gasteiger partial charge on any atom is 0.303 e. The molecule has 0 saturated carbocycles. The Morgan fingerprint density at radius 3 is 2.31 bits per heavy atom. The fourth-order valence-electron chi connectivity index (χ4n) is 3.83. The van der Waals surface area contributed by atoms with E-state index in [9.17, 15) is 9.59 Å². The van der Waals surface area contributed by atoms with Crippen LogP contribution in [0.15, 0.2) is 35.2 Å². The Labute approximate surface area is 221 Å². The molecule has 0 spiro atoms. The van der Waals surface area contributed by atoms with Crippen molar-refractivity contribution in [1.82, 2.24) is 9.88 Å². The molecule has 1 aliphatic heterocycles. The molecular weight excluding hydrogens is 499 g/mol. The largest absolute Gasteiger partial charge is 0.481 e. The number of thiocarbonyl (C=S) groups is 1. The number of aliphatic carboxylic acids is 1. The topological polar surface area (TPSA) is 73.7 Å². The molecule has 9 heteroatoms. The minimum absolute atomic E-state index is 0.0164. The SMILES string of the molecule is CN(C)c1nc(-c2ccccc2)c(/C=C2\SC(=S)N(CCCCCCCCCCC(=O)O)C2=O)s1. The summed E-state index contributed by atoms with van der Waals surface area (Å²) < 4.78 is 0.623. The Balaban J connectivity index is 1.52. The van der Waals surface area contributed by atoms with Crippen LogP contribution in [0.2, 0.25) is 0 Å². The van der Waals surface area contributed by atoms with Crippen LogP contribution in [0.1, 0.15) is 62.7 Å². The van der Waals surface area contributed by atoms with Crippen molar-refractivity contribution >= 4 is 62.7 Å². The number of unbranched alkanes of at least 4 members (excludes halogenated alkanes) is 7. The summed E-state index contributed by atoms with van der Waals surface area (Å²) in [5.41, 5.74) is 1.91. The highest BCUT2D eigenvalue weighted by molar-refractivity contribution is 8.26. The Kier molecular flexibility index (Phi) is 10.7. The second kappa shape index (κ2) is 13.8. The van der Waals surface area contributed by atoms with E-state index >= 15 is 0 Å². The number of carbonyl (C=O) groups excluding carboxylic acids is 1. The van der Waals surface area contributed by atoms with Crippen molar-refractivity contribution in [2.24, 2.45) is 0 Å². The van der Waals surface area contributed by atoms with Crippen LogP contribution in [0.25, 0.3) is 17.3 Å². The van der Waals surface area contributed by atoms with Gasteiger partial charge in [-0.1, -0.05) is 104 Å². The molecule has 1 aromatic heterocycles. The predicted molar refractivity (Wildman–Crippen MR) is 151 cm³/mol. The van der Waals surface area contributed by atoms with E-state index < -0.39 is 5.97 Å². The number of thioether (sulfide) groups is 1. The molecule has 0 atom stereocenters. The summed E-state index contributed by atoms with van der Waals surface area (Å²) in [6, 6.07) is 10.0. The summed E-state index contributed by atoms with van der Waals surface area (Å²) >= 11 is 8.47. The third-order valence-electron chi connectivity index (χ3n) is 5.73. The summed E-state index contributed by atoms with van der Waals surface area (Å²) in [5, 5.41) is 9.56. The van der Waals surface area contributed by atoms with Crippen LogP contribution in [0.3, 0.4) is 0 Å². The fraction of sp³-hybridized carbons (Fsp3) is 0.462. The first kappa shape index (κ1) is 27.4. The molecule has 0 aliphatic carbocycles. The maximum absolute atomic E-state index is 13.1. The van der Waals surface area contributed by atoms with Crippen LogP contribution in [-0.4, -0.2) is 51.8 Å². The molecule has 1 N–H and O–H groups in total. The molecule has 1 saturated heterocycles.